The van der Waals surface area contributed by atoms with Crippen LogP contribution in [0, 0.1) is 0 Å². The summed E-state index contributed by atoms with van der Waals surface area (Å²) in [5, 5.41) is 7.99. The second-order valence-corrected chi connectivity index (χ2v) is 7.59. The lowest BCUT2D eigenvalue weighted by Crippen LogP contribution is -2.27. The Morgan fingerprint density at radius 3 is 2.67 bits per heavy atom. The van der Waals surface area contributed by atoms with E-state index in [2.05, 4.69) is 40.3 Å². The first kappa shape index (κ1) is 15.2. The van der Waals surface area contributed by atoms with Gasteiger partial charge in [0.2, 0.25) is 0 Å². The van der Waals surface area contributed by atoms with Crippen molar-refractivity contribution < 1.29 is 4.74 Å². The van der Waals surface area contributed by atoms with Crippen LogP contribution < -0.4 is 5.32 Å². The van der Waals surface area contributed by atoms with E-state index >= 15 is 0 Å². The van der Waals surface area contributed by atoms with Crippen LogP contribution in [0.25, 0.3) is 0 Å². The molecule has 114 valence electrons. The zero-order chi connectivity index (χ0) is 14.3. The van der Waals surface area contributed by atoms with Crippen LogP contribution >= 0.6 is 22.7 Å². The molecule has 1 aliphatic carbocycles. The van der Waals surface area contributed by atoms with Crippen LogP contribution in [0.2, 0.25) is 0 Å². The van der Waals surface area contributed by atoms with Crippen LogP contribution in [-0.2, 0) is 11.2 Å². The highest BCUT2D eigenvalue weighted by molar-refractivity contribution is 7.10. The van der Waals surface area contributed by atoms with Crippen molar-refractivity contribution in [3.05, 3.63) is 44.8 Å². The molecule has 2 aromatic heterocycles. The van der Waals surface area contributed by atoms with Crippen molar-refractivity contribution in [1.29, 1.82) is 0 Å². The van der Waals surface area contributed by atoms with Gasteiger partial charge in [0, 0.05) is 28.8 Å². The molecule has 1 saturated carbocycles. The van der Waals surface area contributed by atoms with Crippen LogP contribution in [0.1, 0.15) is 41.5 Å². The highest BCUT2D eigenvalue weighted by Gasteiger charge is 2.16. The third-order valence-corrected chi connectivity index (χ3v) is 5.91. The van der Waals surface area contributed by atoms with Crippen molar-refractivity contribution in [3.8, 4) is 0 Å². The molecular weight excluding hydrogens is 298 g/mol. The Labute approximate surface area is 135 Å². The lowest BCUT2D eigenvalue weighted by atomic mass is 10.1. The number of hydrogen-bond donors (Lipinski definition) is 1. The van der Waals surface area contributed by atoms with E-state index in [0.717, 1.165) is 19.6 Å². The predicted octanol–water partition coefficient (Wildman–Crippen LogP) is 4.64. The number of nitrogens with one attached hydrogen (secondary N) is 1. The zero-order valence-electron chi connectivity index (χ0n) is 12.3. The highest BCUT2D eigenvalue weighted by Crippen LogP contribution is 2.25. The summed E-state index contributed by atoms with van der Waals surface area (Å²) in [5.41, 5.74) is 0. The molecule has 1 atom stereocenters. The third-order valence-electron chi connectivity index (χ3n) is 4.02. The molecule has 3 rings (SSSR count). The minimum Gasteiger partial charge on any atom is -0.377 e. The van der Waals surface area contributed by atoms with Crippen LogP contribution in [0.3, 0.4) is 0 Å². The van der Waals surface area contributed by atoms with Gasteiger partial charge in [0.25, 0.3) is 0 Å². The SMILES string of the molecule is c1csc(CC(NCCOC2CCCC2)c2cccs2)c1. The normalized spacial score (nSPS) is 17.3. The summed E-state index contributed by atoms with van der Waals surface area (Å²) >= 11 is 3.68. The minimum absolute atomic E-state index is 0.413. The van der Waals surface area contributed by atoms with Gasteiger partial charge in [-0.25, -0.2) is 0 Å². The van der Waals surface area contributed by atoms with E-state index in [4.69, 9.17) is 4.74 Å². The maximum absolute atomic E-state index is 5.95. The monoisotopic (exact) mass is 321 g/mol. The quantitative estimate of drug-likeness (QED) is 0.715. The maximum Gasteiger partial charge on any atom is 0.0594 e. The maximum atomic E-state index is 5.95. The van der Waals surface area contributed by atoms with Crippen molar-refractivity contribution in [2.45, 2.75) is 44.2 Å². The summed E-state index contributed by atoms with van der Waals surface area (Å²) in [6, 6.07) is 9.14. The van der Waals surface area contributed by atoms with Gasteiger partial charge in [0.15, 0.2) is 0 Å². The third kappa shape index (κ3) is 4.65. The molecular formula is C17H23NOS2. The Morgan fingerprint density at radius 1 is 1.14 bits per heavy atom. The molecule has 0 amide bonds. The number of rotatable bonds is 8. The van der Waals surface area contributed by atoms with Gasteiger partial charge in [0.1, 0.15) is 0 Å². The molecule has 1 unspecified atom stereocenters. The Balaban J connectivity index is 1.47. The zero-order valence-corrected chi connectivity index (χ0v) is 13.9. The number of ether oxygens (including phenoxy) is 1. The molecule has 0 aliphatic heterocycles. The lowest BCUT2D eigenvalue weighted by molar-refractivity contribution is 0.0591. The molecule has 0 bridgehead atoms. The van der Waals surface area contributed by atoms with E-state index in [1.807, 2.05) is 22.7 Å². The van der Waals surface area contributed by atoms with Crippen LogP contribution in [-0.4, -0.2) is 19.3 Å². The first-order chi connectivity index (χ1) is 10.4. The van der Waals surface area contributed by atoms with Crippen molar-refractivity contribution in [3.63, 3.8) is 0 Å². The average molecular weight is 322 g/mol. The topological polar surface area (TPSA) is 21.3 Å². The van der Waals surface area contributed by atoms with E-state index in [9.17, 15) is 0 Å². The predicted molar refractivity (Wildman–Crippen MR) is 91.3 cm³/mol. The molecule has 0 spiro atoms. The Hall–Kier alpha value is -0.680. The average Bonchev–Trinajstić information content (AvgIpc) is 3.25. The first-order valence-corrected chi connectivity index (χ1v) is 9.58. The van der Waals surface area contributed by atoms with E-state index in [1.165, 1.54) is 35.4 Å². The smallest absolute Gasteiger partial charge is 0.0594 e. The number of hydrogen-bond acceptors (Lipinski definition) is 4. The van der Waals surface area contributed by atoms with Gasteiger partial charge in [-0.05, 0) is 35.7 Å². The summed E-state index contributed by atoms with van der Waals surface area (Å²) in [4.78, 5) is 2.86. The molecule has 2 heterocycles. The summed E-state index contributed by atoms with van der Waals surface area (Å²) in [6.07, 6.45) is 6.78. The molecule has 1 N–H and O–H groups in total. The lowest BCUT2D eigenvalue weighted by Gasteiger charge is -2.18. The molecule has 0 radical (unpaired) electrons. The summed E-state index contributed by atoms with van der Waals surface area (Å²) in [7, 11) is 0. The van der Waals surface area contributed by atoms with Gasteiger partial charge in [-0.3, -0.25) is 0 Å². The van der Waals surface area contributed by atoms with Gasteiger partial charge in [0.05, 0.1) is 12.7 Å². The van der Waals surface area contributed by atoms with Crippen molar-refractivity contribution in [1.82, 2.24) is 5.32 Å². The minimum atomic E-state index is 0.413. The molecule has 1 fully saturated rings. The van der Waals surface area contributed by atoms with Crippen LogP contribution in [0.15, 0.2) is 35.0 Å². The molecule has 0 saturated heterocycles. The second kappa shape index (κ2) is 8.08. The Bertz CT molecular complexity index is 489. The Morgan fingerprint density at radius 2 is 1.95 bits per heavy atom. The molecule has 21 heavy (non-hydrogen) atoms. The first-order valence-electron chi connectivity index (χ1n) is 7.82. The second-order valence-electron chi connectivity index (χ2n) is 5.58. The fourth-order valence-corrected chi connectivity index (χ4v) is 4.46. The van der Waals surface area contributed by atoms with Crippen molar-refractivity contribution >= 4 is 22.7 Å². The largest absolute Gasteiger partial charge is 0.377 e. The van der Waals surface area contributed by atoms with Gasteiger partial charge in [-0.1, -0.05) is 25.0 Å². The summed E-state index contributed by atoms with van der Waals surface area (Å²) in [5.74, 6) is 0. The molecule has 1 aliphatic rings. The standard InChI is InChI=1S/C17H23NOS2/c1-2-6-14(5-1)19-10-9-18-16(17-8-4-12-21-17)13-15-7-3-11-20-15/h3-4,7-8,11-12,14,16,18H,1-2,5-6,9-10,13H2. The summed E-state index contributed by atoms with van der Waals surface area (Å²) in [6.45, 7) is 1.77. The van der Waals surface area contributed by atoms with Crippen LogP contribution in [0.4, 0.5) is 0 Å². The fourth-order valence-electron chi connectivity index (χ4n) is 2.91. The molecule has 2 nitrogen and oxygen atoms in total. The summed E-state index contributed by atoms with van der Waals surface area (Å²) < 4.78 is 5.95. The number of thiophene rings is 2. The molecule has 0 aromatic carbocycles. The molecule has 4 heteroatoms. The van der Waals surface area contributed by atoms with Gasteiger partial charge < -0.3 is 10.1 Å². The van der Waals surface area contributed by atoms with Gasteiger partial charge in [-0.15, -0.1) is 22.7 Å². The van der Waals surface area contributed by atoms with E-state index in [0.29, 0.717) is 12.1 Å². The van der Waals surface area contributed by atoms with E-state index in [1.54, 1.807) is 0 Å². The van der Waals surface area contributed by atoms with Crippen molar-refractivity contribution in [2.75, 3.05) is 13.2 Å². The fraction of sp³-hybridized carbons (Fsp3) is 0.529. The molecule has 2 aromatic rings. The van der Waals surface area contributed by atoms with E-state index < -0.39 is 0 Å². The van der Waals surface area contributed by atoms with E-state index in [-0.39, 0.29) is 0 Å². The Kier molecular flexibility index (Phi) is 5.86. The van der Waals surface area contributed by atoms with Gasteiger partial charge >= 0.3 is 0 Å². The van der Waals surface area contributed by atoms with Gasteiger partial charge in [-0.2, -0.15) is 0 Å². The van der Waals surface area contributed by atoms with Crippen molar-refractivity contribution in [2.24, 2.45) is 0 Å². The highest BCUT2D eigenvalue weighted by atomic mass is 32.1. The van der Waals surface area contributed by atoms with Crippen LogP contribution in [0.5, 0.6) is 0 Å².